The summed E-state index contributed by atoms with van der Waals surface area (Å²) in [7, 11) is -4.89. The second-order valence-electron chi connectivity index (χ2n) is 12.8. The first-order chi connectivity index (χ1) is 26.6. The van der Waals surface area contributed by atoms with Crippen LogP contribution in [-0.4, -0.2) is 217 Å². The summed E-state index contributed by atoms with van der Waals surface area (Å²) in [5.41, 5.74) is 0. The highest BCUT2D eigenvalue weighted by molar-refractivity contribution is 7.50. The molecule has 324 valence electrons. The molecular formula is C30H50N7O19P. The maximum Gasteiger partial charge on any atom is 0.403 e. The zero-order chi connectivity index (χ0) is 43.3. The van der Waals surface area contributed by atoms with E-state index in [-0.39, 0.29) is 58.9 Å². The molecule has 26 nitrogen and oxygen atoms in total. The summed E-state index contributed by atoms with van der Waals surface area (Å²) in [5, 5.41) is 71.3. The molecule has 1 fully saturated rings. The van der Waals surface area contributed by atoms with E-state index in [1.54, 1.807) is 14.9 Å². The number of amides is 2. The van der Waals surface area contributed by atoms with Crippen LogP contribution in [0.4, 0.5) is 0 Å². The SMILES string of the molecule is O=C(O)CC[C@H](NP(=O)(O)OCC[C@H](NC(=O)CC[C@H](NC(=O)CN1CCN(CC(=O)O)CCN(CC(=O)O)CCN(CC(=O)O)CC1)C(=O)O)C(=O)O)C(=O)O. The maximum atomic E-state index is 13.1. The molecule has 0 bridgehead atoms. The highest BCUT2D eigenvalue weighted by atomic mass is 31.2. The summed E-state index contributed by atoms with van der Waals surface area (Å²) in [4.78, 5) is 122. The van der Waals surface area contributed by atoms with Gasteiger partial charge in [0.15, 0.2) is 0 Å². The quantitative estimate of drug-likeness (QED) is 0.0388. The topological polar surface area (TPSA) is 391 Å². The Kier molecular flexibility index (Phi) is 22.4. The molecule has 0 aliphatic carbocycles. The molecule has 27 heteroatoms. The normalized spacial score (nSPS) is 18.0. The smallest absolute Gasteiger partial charge is 0.403 e. The summed E-state index contributed by atoms with van der Waals surface area (Å²) in [6.07, 6.45) is -3.01. The van der Waals surface area contributed by atoms with Crippen molar-refractivity contribution in [3.8, 4) is 0 Å². The van der Waals surface area contributed by atoms with Crippen molar-refractivity contribution >= 4 is 61.3 Å². The Hall–Kier alpha value is -4.82. The van der Waals surface area contributed by atoms with Gasteiger partial charge in [0, 0.05) is 71.6 Å². The molecule has 4 atom stereocenters. The van der Waals surface area contributed by atoms with Crippen LogP contribution in [0.25, 0.3) is 0 Å². The molecule has 57 heavy (non-hydrogen) atoms. The first kappa shape index (κ1) is 50.2. The minimum Gasteiger partial charge on any atom is -0.481 e. The number of nitrogens with one attached hydrogen (secondary N) is 3. The first-order valence-electron chi connectivity index (χ1n) is 17.4. The molecule has 0 radical (unpaired) electrons. The molecule has 2 amide bonds. The van der Waals surface area contributed by atoms with Crippen molar-refractivity contribution < 1.29 is 92.9 Å². The van der Waals surface area contributed by atoms with Gasteiger partial charge in [-0.3, -0.25) is 57.7 Å². The minimum absolute atomic E-state index is 0.0631. The molecule has 1 aliphatic rings. The number of aliphatic carboxylic acids is 7. The Labute approximate surface area is 324 Å². The zero-order valence-electron chi connectivity index (χ0n) is 30.8. The van der Waals surface area contributed by atoms with Gasteiger partial charge in [-0.25, -0.2) is 19.2 Å². The molecule has 1 unspecified atom stereocenters. The lowest BCUT2D eigenvalue weighted by Gasteiger charge is -2.33. The Morgan fingerprint density at radius 3 is 1.21 bits per heavy atom. The van der Waals surface area contributed by atoms with Crippen molar-refractivity contribution in [3.05, 3.63) is 0 Å². The third-order valence-electron chi connectivity index (χ3n) is 8.24. The lowest BCUT2D eigenvalue weighted by molar-refractivity contribution is -0.143. The van der Waals surface area contributed by atoms with E-state index in [1.807, 2.05) is 0 Å². The van der Waals surface area contributed by atoms with Crippen LogP contribution in [0.15, 0.2) is 0 Å². The molecule has 1 rings (SSSR count). The number of rotatable bonds is 25. The number of hydrogen-bond donors (Lipinski definition) is 11. The molecule has 0 aromatic carbocycles. The predicted octanol–water partition coefficient (Wildman–Crippen LogP) is -4.20. The van der Waals surface area contributed by atoms with E-state index >= 15 is 0 Å². The van der Waals surface area contributed by atoms with Crippen LogP contribution in [-0.2, 0) is 52.2 Å². The van der Waals surface area contributed by atoms with Gasteiger partial charge in [0.25, 0.3) is 0 Å². The van der Waals surface area contributed by atoms with E-state index in [4.69, 9.17) is 10.2 Å². The first-order valence-corrected chi connectivity index (χ1v) is 18.9. The molecule has 0 aromatic heterocycles. The van der Waals surface area contributed by atoms with Crippen LogP contribution in [0.1, 0.15) is 32.1 Å². The van der Waals surface area contributed by atoms with Crippen LogP contribution in [0, 0.1) is 0 Å². The maximum absolute atomic E-state index is 13.1. The monoisotopic (exact) mass is 843 g/mol. The average Bonchev–Trinajstić information content (AvgIpc) is 3.07. The van der Waals surface area contributed by atoms with E-state index in [1.165, 1.54) is 9.80 Å². The minimum atomic E-state index is -4.89. The number of carboxylic acid groups (broad SMARTS) is 7. The van der Waals surface area contributed by atoms with Gasteiger partial charge in [-0.15, -0.1) is 0 Å². The summed E-state index contributed by atoms with van der Waals surface area (Å²) in [5.74, 6) is -11.5. The molecule has 1 aliphatic heterocycles. The fourth-order valence-electron chi connectivity index (χ4n) is 5.32. The third kappa shape index (κ3) is 23.1. The van der Waals surface area contributed by atoms with Crippen LogP contribution in [0.5, 0.6) is 0 Å². The standard InChI is InChI=1S/C30H50N7O19P/c38-22(31-20(29(50)51)5-14-56-57(54,55)33-21(30(52)53)2-4-24(40)41)3-1-19(28(48)49)32-23(39)15-34-6-8-35(16-25(42)43)10-12-37(18-27(46)47)13-11-36(9-7-34)17-26(44)45/h19-21H,1-18H2,(H,31,38)(H,32,39)(H,40,41)(H,42,43)(H,44,45)(H,46,47)(H,48,49)(H,50,51)(H,52,53)(H2,33,54,55)/t19-,20-,21-/m0/s1. The third-order valence-corrected chi connectivity index (χ3v) is 9.41. The second-order valence-corrected chi connectivity index (χ2v) is 14.4. The molecule has 11 N–H and O–H groups in total. The number of nitrogens with zero attached hydrogens (tertiary/aromatic N) is 4. The Balaban J connectivity index is 2.88. The lowest BCUT2D eigenvalue weighted by atomic mass is 10.1. The lowest BCUT2D eigenvalue weighted by Crippen LogP contribution is -2.51. The Bertz CT molecular complexity index is 1450. The molecule has 0 saturated carbocycles. The number of carboxylic acids is 7. The van der Waals surface area contributed by atoms with Crippen molar-refractivity contribution in [2.75, 3.05) is 85.1 Å². The van der Waals surface area contributed by atoms with E-state index in [0.717, 1.165) is 0 Å². The van der Waals surface area contributed by atoms with Gasteiger partial charge < -0.3 is 51.3 Å². The number of carbonyl (C=O) groups is 9. The zero-order valence-corrected chi connectivity index (χ0v) is 31.7. The molecule has 0 spiro atoms. The summed E-state index contributed by atoms with van der Waals surface area (Å²) in [6, 6.07) is -5.17. The van der Waals surface area contributed by atoms with Gasteiger partial charge in [0.2, 0.25) is 11.8 Å². The van der Waals surface area contributed by atoms with Crippen LogP contribution in [0.3, 0.4) is 0 Å². The van der Waals surface area contributed by atoms with Crippen molar-refractivity contribution in [2.45, 2.75) is 50.2 Å². The van der Waals surface area contributed by atoms with Crippen molar-refractivity contribution in [3.63, 3.8) is 0 Å². The molecular weight excluding hydrogens is 793 g/mol. The van der Waals surface area contributed by atoms with Crippen molar-refractivity contribution in [1.82, 2.24) is 35.3 Å². The number of hydrogen-bond acceptors (Lipinski definition) is 15. The fraction of sp³-hybridized carbons (Fsp3) is 0.700. The average molecular weight is 844 g/mol. The fourth-order valence-corrected chi connectivity index (χ4v) is 6.39. The number of carbonyl (C=O) groups excluding carboxylic acids is 2. The van der Waals surface area contributed by atoms with Gasteiger partial charge in [-0.05, 0) is 12.8 Å². The summed E-state index contributed by atoms with van der Waals surface area (Å²) in [6.45, 7) is -1.59. The van der Waals surface area contributed by atoms with E-state index < -0.39 is 138 Å². The van der Waals surface area contributed by atoms with Gasteiger partial charge in [0.05, 0.1) is 32.8 Å². The predicted molar refractivity (Wildman–Crippen MR) is 189 cm³/mol. The van der Waals surface area contributed by atoms with E-state index in [2.05, 4.69) is 15.2 Å². The van der Waals surface area contributed by atoms with Crippen molar-refractivity contribution in [1.29, 1.82) is 0 Å². The van der Waals surface area contributed by atoms with E-state index in [0.29, 0.717) is 0 Å². The largest absolute Gasteiger partial charge is 0.481 e. The van der Waals surface area contributed by atoms with Gasteiger partial charge in [-0.2, -0.15) is 0 Å². The van der Waals surface area contributed by atoms with Crippen LogP contribution < -0.4 is 15.7 Å². The van der Waals surface area contributed by atoms with Crippen LogP contribution >= 0.6 is 7.75 Å². The van der Waals surface area contributed by atoms with Crippen LogP contribution in [0.2, 0.25) is 0 Å². The summed E-state index contributed by atoms with van der Waals surface area (Å²) < 4.78 is 16.9. The van der Waals surface area contributed by atoms with Gasteiger partial charge in [0.1, 0.15) is 18.1 Å². The summed E-state index contributed by atoms with van der Waals surface area (Å²) >= 11 is 0. The Morgan fingerprint density at radius 2 is 0.842 bits per heavy atom. The highest BCUT2D eigenvalue weighted by Crippen LogP contribution is 2.38. The van der Waals surface area contributed by atoms with Gasteiger partial charge in [-0.1, -0.05) is 0 Å². The molecule has 1 saturated heterocycles. The molecule has 0 aromatic rings. The molecule has 1 heterocycles. The van der Waals surface area contributed by atoms with Crippen molar-refractivity contribution in [2.24, 2.45) is 0 Å². The highest BCUT2D eigenvalue weighted by Gasteiger charge is 2.31. The van der Waals surface area contributed by atoms with Gasteiger partial charge >= 0.3 is 49.5 Å². The Morgan fingerprint density at radius 1 is 0.491 bits per heavy atom. The van der Waals surface area contributed by atoms with E-state index in [9.17, 15) is 78.1 Å². The second kappa shape index (κ2) is 25.4.